The van der Waals surface area contributed by atoms with Gasteiger partial charge >= 0.3 is 0 Å². The molecule has 2 N–H and O–H groups in total. The number of methoxy groups -OCH3 is 1. The summed E-state index contributed by atoms with van der Waals surface area (Å²) in [4.78, 5) is 13.9. The number of nitrogens with zero attached hydrogens (tertiary/aromatic N) is 4. The van der Waals surface area contributed by atoms with E-state index in [0.717, 1.165) is 25.5 Å². The molecule has 166 valence electrons. The van der Waals surface area contributed by atoms with Gasteiger partial charge in [-0.15, -0.1) is 0 Å². The van der Waals surface area contributed by atoms with E-state index in [0.29, 0.717) is 29.5 Å². The number of benzene rings is 1. The van der Waals surface area contributed by atoms with Gasteiger partial charge in [-0.05, 0) is 68.9 Å². The molecule has 0 bridgehead atoms. The van der Waals surface area contributed by atoms with Gasteiger partial charge in [0, 0.05) is 44.0 Å². The third-order valence-electron chi connectivity index (χ3n) is 6.08. The van der Waals surface area contributed by atoms with E-state index < -0.39 is 0 Å². The minimum absolute atomic E-state index is 0.453. The Bertz CT molecular complexity index is 884. The lowest BCUT2D eigenvalue weighted by Crippen LogP contribution is -2.38. The maximum absolute atomic E-state index is 5.49. The standard InChI is InChI=1S/C23H32N6OS/c1-17-7-3-4-14-29(17)20-15-21(30-2)26-22(25-20)27-23(31)24-16-18-8-10-19(11-9-18)28-12-5-6-13-28/h8-11,15,17H,3-7,12-14,16H2,1-2H3,(H2,24,25,26,27,31)/t17-/m1/s1. The minimum atomic E-state index is 0.453. The molecule has 7 nitrogen and oxygen atoms in total. The molecular weight excluding hydrogens is 408 g/mol. The molecule has 2 aromatic rings. The number of piperidine rings is 1. The molecule has 1 aromatic carbocycles. The molecule has 0 saturated carbocycles. The van der Waals surface area contributed by atoms with Crippen LogP contribution in [0.1, 0.15) is 44.6 Å². The predicted molar refractivity (Wildman–Crippen MR) is 130 cm³/mol. The Labute approximate surface area is 190 Å². The van der Waals surface area contributed by atoms with E-state index in [4.69, 9.17) is 21.9 Å². The van der Waals surface area contributed by atoms with Crippen molar-refractivity contribution in [2.75, 3.05) is 41.9 Å². The summed E-state index contributed by atoms with van der Waals surface area (Å²) < 4.78 is 5.40. The molecule has 8 heteroatoms. The Morgan fingerprint density at radius 2 is 1.84 bits per heavy atom. The summed E-state index contributed by atoms with van der Waals surface area (Å²) in [5, 5.41) is 6.87. The van der Waals surface area contributed by atoms with E-state index in [1.807, 2.05) is 6.07 Å². The highest BCUT2D eigenvalue weighted by molar-refractivity contribution is 7.80. The van der Waals surface area contributed by atoms with Crippen molar-refractivity contribution in [3.05, 3.63) is 35.9 Å². The van der Waals surface area contributed by atoms with Gasteiger partial charge < -0.3 is 25.2 Å². The first-order valence-corrected chi connectivity index (χ1v) is 11.6. The second kappa shape index (κ2) is 10.1. The molecule has 1 aromatic heterocycles. The smallest absolute Gasteiger partial charge is 0.234 e. The summed E-state index contributed by atoms with van der Waals surface area (Å²) in [6.45, 7) is 6.19. The fraction of sp³-hybridized carbons (Fsp3) is 0.522. The van der Waals surface area contributed by atoms with E-state index in [9.17, 15) is 0 Å². The van der Waals surface area contributed by atoms with Crippen molar-refractivity contribution >= 4 is 34.8 Å². The van der Waals surface area contributed by atoms with E-state index in [1.54, 1.807) is 7.11 Å². The Hall–Kier alpha value is -2.61. The summed E-state index contributed by atoms with van der Waals surface area (Å²) in [6, 6.07) is 11.0. The van der Waals surface area contributed by atoms with Crippen molar-refractivity contribution in [2.45, 2.75) is 51.6 Å². The van der Waals surface area contributed by atoms with Crippen LogP contribution in [0.5, 0.6) is 5.88 Å². The van der Waals surface area contributed by atoms with Crippen LogP contribution < -0.4 is 25.2 Å². The first kappa shape index (κ1) is 21.6. The zero-order valence-electron chi connectivity index (χ0n) is 18.4. The summed E-state index contributed by atoms with van der Waals surface area (Å²) in [5.41, 5.74) is 2.48. The topological polar surface area (TPSA) is 65.6 Å². The number of rotatable bonds is 6. The fourth-order valence-corrected chi connectivity index (χ4v) is 4.45. The van der Waals surface area contributed by atoms with Crippen molar-refractivity contribution in [1.29, 1.82) is 0 Å². The SMILES string of the molecule is COc1cc(N2CCCC[C@H]2C)nc(NC(=S)NCc2ccc(N3CCCC3)cc2)n1. The van der Waals surface area contributed by atoms with E-state index in [2.05, 4.69) is 56.6 Å². The Balaban J connectivity index is 1.36. The van der Waals surface area contributed by atoms with Gasteiger partial charge in [0.2, 0.25) is 11.8 Å². The van der Waals surface area contributed by atoms with Crippen LogP contribution >= 0.6 is 12.2 Å². The monoisotopic (exact) mass is 440 g/mol. The lowest BCUT2D eigenvalue weighted by Gasteiger charge is -2.34. The fourth-order valence-electron chi connectivity index (χ4n) is 4.29. The Kier molecular flexibility index (Phi) is 7.06. The maximum Gasteiger partial charge on any atom is 0.234 e. The van der Waals surface area contributed by atoms with Crippen LogP contribution in [0.3, 0.4) is 0 Å². The maximum atomic E-state index is 5.49. The molecule has 2 aliphatic rings. The van der Waals surface area contributed by atoms with Crippen LogP contribution in [0.4, 0.5) is 17.5 Å². The minimum Gasteiger partial charge on any atom is -0.481 e. The number of ether oxygens (including phenoxy) is 1. The molecular formula is C23H32N6OS. The normalized spacial score (nSPS) is 18.7. The molecule has 0 amide bonds. The summed E-state index contributed by atoms with van der Waals surface area (Å²) in [6.07, 6.45) is 6.18. The molecule has 2 saturated heterocycles. The van der Waals surface area contributed by atoms with Gasteiger partial charge in [-0.1, -0.05) is 12.1 Å². The molecule has 2 fully saturated rings. The van der Waals surface area contributed by atoms with Gasteiger partial charge in [0.25, 0.3) is 0 Å². The van der Waals surface area contributed by atoms with Crippen LogP contribution in [-0.2, 0) is 6.54 Å². The van der Waals surface area contributed by atoms with Gasteiger partial charge in [-0.3, -0.25) is 0 Å². The summed E-state index contributed by atoms with van der Waals surface area (Å²) in [5.74, 6) is 1.86. The van der Waals surface area contributed by atoms with Crippen molar-refractivity contribution in [2.24, 2.45) is 0 Å². The molecule has 31 heavy (non-hydrogen) atoms. The number of hydrogen-bond donors (Lipinski definition) is 2. The highest BCUT2D eigenvalue weighted by Crippen LogP contribution is 2.26. The zero-order valence-corrected chi connectivity index (χ0v) is 19.2. The quantitative estimate of drug-likeness (QED) is 0.655. The van der Waals surface area contributed by atoms with Crippen LogP contribution in [0, 0.1) is 0 Å². The summed E-state index contributed by atoms with van der Waals surface area (Å²) in [7, 11) is 1.62. The van der Waals surface area contributed by atoms with Crippen molar-refractivity contribution < 1.29 is 4.74 Å². The largest absolute Gasteiger partial charge is 0.481 e. The van der Waals surface area contributed by atoms with Crippen molar-refractivity contribution in [1.82, 2.24) is 15.3 Å². The van der Waals surface area contributed by atoms with Gasteiger partial charge in [-0.25, -0.2) is 0 Å². The zero-order chi connectivity index (χ0) is 21.6. The number of aromatic nitrogens is 2. The first-order valence-electron chi connectivity index (χ1n) is 11.2. The molecule has 0 aliphatic carbocycles. The van der Waals surface area contributed by atoms with Gasteiger partial charge in [0.05, 0.1) is 7.11 Å². The molecule has 2 aliphatic heterocycles. The highest BCUT2D eigenvalue weighted by atomic mass is 32.1. The third kappa shape index (κ3) is 5.55. The lowest BCUT2D eigenvalue weighted by atomic mass is 10.0. The molecule has 4 rings (SSSR count). The number of thiocarbonyl (C=S) groups is 1. The number of hydrogen-bond acceptors (Lipinski definition) is 6. The second-order valence-corrected chi connectivity index (χ2v) is 8.71. The van der Waals surface area contributed by atoms with Crippen molar-refractivity contribution in [3.63, 3.8) is 0 Å². The van der Waals surface area contributed by atoms with E-state index >= 15 is 0 Å². The second-order valence-electron chi connectivity index (χ2n) is 8.30. The first-order chi connectivity index (χ1) is 15.1. The Morgan fingerprint density at radius 3 is 2.55 bits per heavy atom. The van der Waals surface area contributed by atoms with E-state index in [-0.39, 0.29) is 0 Å². The highest BCUT2D eigenvalue weighted by Gasteiger charge is 2.21. The molecule has 0 radical (unpaired) electrons. The third-order valence-corrected chi connectivity index (χ3v) is 6.33. The van der Waals surface area contributed by atoms with Gasteiger partial charge in [0.15, 0.2) is 5.11 Å². The lowest BCUT2D eigenvalue weighted by molar-refractivity contribution is 0.396. The molecule has 0 spiro atoms. The predicted octanol–water partition coefficient (Wildman–Crippen LogP) is 3.95. The van der Waals surface area contributed by atoms with Gasteiger partial charge in [-0.2, -0.15) is 9.97 Å². The van der Waals surface area contributed by atoms with E-state index in [1.165, 1.54) is 43.4 Å². The van der Waals surface area contributed by atoms with Crippen LogP contribution in [0.15, 0.2) is 30.3 Å². The van der Waals surface area contributed by atoms with Crippen LogP contribution in [0.25, 0.3) is 0 Å². The average Bonchev–Trinajstić information content (AvgIpc) is 3.33. The molecule has 1 atom stereocenters. The number of anilines is 3. The average molecular weight is 441 g/mol. The Morgan fingerprint density at radius 1 is 1.10 bits per heavy atom. The van der Waals surface area contributed by atoms with Crippen molar-refractivity contribution in [3.8, 4) is 5.88 Å². The summed E-state index contributed by atoms with van der Waals surface area (Å²) >= 11 is 5.49. The number of nitrogens with one attached hydrogen (secondary N) is 2. The molecule has 0 unspecified atom stereocenters. The van der Waals surface area contributed by atoms with Crippen LogP contribution in [-0.4, -0.2) is 47.9 Å². The van der Waals surface area contributed by atoms with Crippen LogP contribution in [0.2, 0.25) is 0 Å². The van der Waals surface area contributed by atoms with Gasteiger partial charge in [0.1, 0.15) is 5.82 Å². The molecule has 3 heterocycles.